The molecule has 0 bridgehead atoms. The third-order valence-electron chi connectivity index (χ3n) is 3.38. The van der Waals surface area contributed by atoms with Crippen molar-refractivity contribution in [1.82, 2.24) is 0 Å². The van der Waals surface area contributed by atoms with E-state index in [1.54, 1.807) is 7.11 Å². The molecule has 0 spiro atoms. The normalized spacial score (nSPS) is 15.1. The van der Waals surface area contributed by atoms with E-state index in [0.29, 0.717) is 5.57 Å². The number of rotatable bonds is 2. The summed E-state index contributed by atoms with van der Waals surface area (Å²) >= 11 is 0. The number of hydrogen-bond donors (Lipinski definition) is 1. The van der Waals surface area contributed by atoms with Crippen molar-refractivity contribution in [2.24, 2.45) is 0 Å². The van der Waals surface area contributed by atoms with Gasteiger partial charge in [0.1, 0.15) is 5.75 Å². The largest absolute Gasteiger partial charge is 0.497 e. The lowest BCUT2D eigenvalue weighted by atomic mass is 10.0. The van der Waals surface area contributed by atoms with E-state index >= 15 is 0 Å². The minimum atomic E-state index is -0.0542. The van der Waals surface area contributed by atoms with Gasteiger partial charge in [-0.25, -0.2) is 0 Å². The zero-order valence-corrected chi connectivity index (χ0v) is 11.4. The number of fused-ring (bicyclic) bond motifs is 1. The van der Waals surface area contributed by atoms with Gasteiger partial charge in [-0.3, -0.25) is 4.79 Å². The van der Waals surface area contributed by atoms with Crippen LogP contribution in [0, 0.1) is 6.92 Å². The zero-order chi connectivity index (χ0) is 14.1. The average molecular weight is 265 g/mol. The molecule has 0 unspecified atom stereocenters. The second-order valence-corrected chi connectivity index (χ2v) is 4.83. The average Bonchev–Trinajstić information content (AvgIpc) is 2.76. The van der Waals surface area contributed by atoms with Crippen LogP contribution >= 0.6 is 0 Å². The summed E-state index contributed by atoms with van der Waals surface area (Å²) in [5.41, 5.74) is 4.66. The molecule has 0 saturated carbocycles. The summed E-state index contributed by atoms with van der Waals surface area (Å²) in [5, 5.41) is 2.89. The van der Waals surface area contributed by atoms with E-state index in [-0.39, 0.29) is 5.91 Å². The summed E-state index contributed by atoms with van der Waals surface area (Å²) in [6, 6.07) is 13.6. The molecule has 0 aromatic heterocycles. The Hall–Kier alpha value is -2.55. The first-order valence-electron chi connectivity index (χ1n) is 6.45. The fourth-order valence-electron chi connectivity index (χ4n) is 2.31. The Labute approximate surface area is 117 Å². The van der Waals surface area contributed by atoms with Gasteiger partial charge in [0.15, 0.2) is 0 Å². The van der Waals surface area contributed by atoms with Crippen LogP contribution in [0.2, 0.25) is 0 Å². The number of carbonyl (C=O) groups excluding carboxylic acids is 1. The number of benzene rings is 2. The van der Waals surface area contributed by atoms with Gasteiger partial charge in [0, 0.05) is 16.8 Å². The number of amides is 1. The summed E-state index contributed by atoms with van der Waals surface area (Å²) in [6.45, 7) is 2.02. The molecule has 0 radical (unpaired) electrons. The fourth-order valence-corrected chi connectivity index (χ4v) is 2.31. The molecule has 1 aliphatic rings. The van der Waals surface area contributed by atoms with Gasteiger partial charge in [-0.15, -0.1) is 0 Å². The van der Waals surface area contributed by atoms with Crippen molar-refractivity contribution in [3.63, 3.8) is 0 Å². The van der Waals surface area contributed by atoms with E-state index in [1.165, 1.54) is 0 Å². The third kappa shape index (κ3) is 2.18. The topological polar surface area (TPSA) is 38.3 Å². The first-order valence-corrected chi connectivity index (χ1v) is 6.45. The van der Waals surface area contributed by atoms with E-state index in [9.17, 15) is 4.79 Å². The molecule has 1 N–H and O–H groups in total. The predicted octanol–water partition coefficient (Wildman–Crippen LogP) is 3.50. The zero-order valence-electron chi connectivity index (χ0n) is 11.4. The van der Waals surface area contributed by atoms with E-state index in [2.05, 4.69) is 5.32 Å². The SMILES string of the molecule is COc1ccc(C=C2C(=O)Nc3ccc(C)cc32)cc1. The number of nitrogens with one attached hydrogen (secondary N) is 1. The molecule has 1 amide bonds. The van der Waals surface area contributed by atoms with Gasteiger partial charge in [-0.05, 0) is 42.8 Å². The molecule has 20 heavy (non-hydrogen) atoms. The quantitative estimate of drug-likeness (QED) is 0.844. The number of carbonyl (C=O) groups is 1. The molecule has 2 aromatic rings. The maximum atomic E-state index is 12.1. The van der Waals surface area contributed by atoms with Crippen molar-refractivity contribution in [2.45, 2.75) is 6.92 Å². The van der Waals surface area contributed by atoms with Gasteiger partial charge in [-0.1, -0.05) is 23.8 Å². The Morgan fingerprint density at radius 3 is 2.55 bits per heavy atom. The maximum absolute atomic E-state index is 12.1. The molecule has 0 aliphatic carbocycles. The fraction of sp³-hybridized carbons (Fsp3) is 0.118. The van der Waals surface area contributed by atoms with Gasteiger partial charge >= 0.3 is 0 Å². The van der Waals surface area contributed by atoms with Gasteiger partial charge < -0.3 is 10.1 Å². The Kier molecular flexibility index (Phi) is 3.03. The smallest absolute Gasteiger partial charge is 0.256 e. The molecule has 0 saturated heterocycles. The molecule has 3 rings (SSSR count). The summed E-state index contributed by atoms with van der Waals surface area (Å²) in [6.07, 6.45) is 1.90. The van der Waals surface area contributed by atoms with Crippen molar-refractivity contribution in [3.05, 3.63) is 59.2 Å². The van der Waals surface area contributed by atoms with Crippen LogP contribution in [0.15, 0.2) is 42.5 Å². The summed E-state index contributed by atoms with van der Waals surface area (Å²) in [7, 11) is 1.64. The number of aryl methyl sites for hydroxylation is 1. The maximum Gasteiger partial charge on any atom is 0.256 e. The Balaban J connectivity index is 2.03. The van der Waals surface area contributed by atoms with Gasteiger partial charge in [0.05, 0.1) is 7.11 Å². The number of ether oxygens (including phenoxy) is 1. The van der Waals surface area contributed by atoms with Crippen LogP contribution in [0.5, 0.6) is 5.75 Å². The summed E-state index contributed by atoms with van der Waals surface area (Å²) < 4.78 is 5.13. The monoisotopic (exact) mass is 265 g/mol. The standard InChI is InChI=1S/C17H15NO2/c1-11-3-8-16-14(9-11)15(17(19)18-16)10-12-4-6-13(20-2)7-5-12/h3-10H,1-2H3,(H,18,19). The molecule has 1 heterocycles. The van der Waals surface area contributed by atoms with Crippen LogP contribution in [-0.2, 0) is 4.79 Å². The van der Waals surface area contributed by atoms with E-state index < -0.39 is 0 Å². The molecule has 2 aromatic carbocycles. The molecule has 1 aliphatic heterocycles. The van der Waals surface area contributed by atoms with E-state index in [1.807, 2.05) is 55.5 Å². The van der Waals surface area contributed by atoms with E-state index in [4.69, 9.17) is 4.74 Å². The van der Waals surface area contributed by atoms with Crippen LogP contribution in [-0.4, -0.2) is 13.0 Å². The summed E-state index contributed by atoms with van der Waals surface area (Å²) in [4.78, 5) is 12.1. The predicted molar refractivity (Wildman–Crippen MR) is 80.7 cm³/mol. The molecular weight excluding hydrogens is 250 g/mol. The highest BCUT2D eigenvalue weighted by Crippen LogP contribution is 2.33. The van der Waals surface area contributed by atoms with Crippen molar-refractivity contribution < 1.29 is 9.53 Å². The highest BCUT2D eigenvalue weighted by atomic mass is 16.5. The van der Waals surface area contributed by atoms with Crippen molar-refractivity contribution >= 4 is 23.2 Å². The number of hydrogen-bond acceptors (Lipinski definition) is 2. The molecule has 0 atom stereocenters. The molecule has 100 valence electrons. The Morgan fingerprint density at radius 1 is 1.10 bits per heavy atom. The first-order chi connectivity index (χ1) is 9.67. The minimum Gasteiger partial charge on any atom is -0.497 e. The van der Waals surface area contributed by atoms with E-state index in [0.717, 1.165) is 28.1 Å². The highest BCUT2D eigenvalue weighted by Gasteiger charge is 2.23. The van der Waals surface area contributed by atoms with Crippen molar-refractivity contribution in [1.29, 1.82) is 0 Å². The van der Waals surface area contributed by atoms with Gasteiger partial charge in [0.25, 0.3) is 5.91 Å². The minimum absolute atomic E-state index is 0.0542. The Bertz CT molecular complexity index is 699. The van der Waals surface area contributed by atoms with Crippen LogP contribution in [0.25, 0.3) is 11.6 Å². The van der Waals surface area contributed by atoms with Crippen molar-refractivity contribution in [2.75, 3.05) is 12.4 Å². The highest BCUT2D eigenvalue weighted by molar-refractivity contribution is 6.34. The number of anilines is 1. The third-order valence-corrected chi connectivity index (χ3v) is 3.38. The van der Waals surface area contributed by atoms with Gasteiger partial charge in [0.2, 0.25) is 0 Å². The lowest BCUT2D eigenvalue weighted by Crippen LogP contribution is -2.03. The molecule has 3 nitrogen and oxygen atoms in total. The molecular formula is C17H15NO2. The molecule has 0 fully saturated rings. The first kappa shape index (κ1) is 12.5. The van der Waals surface area contributed by atoms with Crippen LogP contribution in [0.4, 0.5) is 5.69 Å². The second-order valence-electron chi connectivity index (χ2n) is 4.83. The van der Waals surface area contributed by atoms with Crippen LogP contribution in [0.3, 0.4) is 0 Å². The van der Waals surface area contributed by atoms with Crippen LogP contribution in [0.1, 0.15) is 16.7 Å². The van der Waals surface area contributed by atoms with Crippen LogP contribution < -0.4 is 10.1 Å². The summed E-state index contributed by atoms with van der Waals surface area (Å²) in [5.74, 6) is 0.751. The lowest BCUT2D eigenvalue weighted by molar-refractivity contribution is -0.110. The lowest BCUT2D eigenvalue weighted by Gasteiger charge is -2.02. The van der Waals surface area contributed by atoms with Crippen molar-refractivity contribution in [3.8, 4) is 5.75 Å². The van der Waals surface area contributed by atoms with Gasteiger partial charge in [-0.2, -0.15) is 0 Å². The number of methoxy groups -OCH3 is 1. The Morgan fingerprint density at radius 2 is 1.85 bits per heavy atom. The molecule has 3 heteroatoms. The second kappa shape index (κ2) is 4.85.